The fourth-order valence-corrected chi connectivity index (χ4v) is 1.61. The molecule has 0 saturated heterocycles. The Labute approximate surface area is 88.3 Å². The predicted octanol–water partition coefficient (Wildman–Crippen LogP) is 4.12. The van der Waals surface area contributed by atoms with Crippen molar-refractivity contribution in [3.63, 3.8) is 0 Å². The lowest BCUT2D eigenvalue weighted by atomic mass is 9.99. The van der Waals surface area contributed by atoms with Gasteiger partial charge in [0.05, 0.1) is 0 Å². The van der Waals surface area contributed by atoms with Crippen LogP contribution in [0.15, 0.2) is 18.2 Å². The molecule has 0 aliphatic heterocycles. The highest BCUT2D eigenvalue weighted by molar-refractivity contribution is 6.35. The second kappa shape index (κ2) is 4.32. The molecule has 0 saturated carbocycles. The van der Waals surface area contributed by atoms with E-state index in [9.17, 15) is 5.11 Å². The smallest absolute Gasteiger partial charge is 0.122 e. The molecule has 0 heterocycles. The van der Waals surface area contributed by atoms with E-state index >= 15 is 0 Å². The molecule has 0 spiro atoms. The van der Waals surface area contributed by atoms with E-state index in [-0.39, 0.29) is 5.92 Å². The van der Waals surface area contributed by atoms with Gasteiger partial charge >= 0.3 is 0 Å². The van der Waals surface area contributed by atoms with E-state index in [1.165, 1.54) is 0 Å². The molecule has 1 radical (unpaired) electrons. The normalized spacial score (nSPS) is 13.4. The summed E-state index contributed by atoms with van der Waals surface area (Å²) in [6.45, 7) is 3.76. The van der Waals surface area contributed by atoms with Crippen molar-refractivity contribution in [2.45, 2.75) is 20.0 Å². The van der Waals surface area contributed by atoms with E-state index in [1.807, 2.05) is 13.8 Å². The van der Waals surface area contributed by atoms with Gasteiger partial charge in [-0.1, -0.05) is 43.1 Å². The van der Waals surface area contributed by atoms with E-state index in [0.29, 0.717) is 15.6 Å². The fraction of sp³-hybridized carbons (Fsp3) is 0.400. The minimum absolute atomic E-state index is 0.0404. The van der Waals surface area contributed by atoms with Crippen molar-refractivity contribution in [1.82, 2.24) is 0 Å². The lowest BCUT2D eigenvalue weighted by Gasteiger charge is -2.13. The molecule has 1 unspecified atom stereocenters. The Morgan fingerprint density at radius 3 is 2.31 bits per heavy atom. The summed E-state index contributed by atoms with van der Waals surface area (Å²) in [4.78, 5) is 0. The molecule has 0 aliphatic rings. The molecular formula is C10H11Cl2O. The summed E-state index contributed by atoms with van der Waals surface area (Å²) in [5, 5.41) is 12.7. The van der Waals surface area contributed by atoms with Crippen LogP contribution in [0.3, 0.4) is 0 Å². The van der Waals surface area contributed by atoms with Crippen molar-refractivity contribution < 1.29 is 5.11 Å². The summed E-state index contributed by atoms with van der Waals surface area (Å²) < 4.78 is 0. The van der Waals surface area contributed by atoms with Crippen molar-refractivity contribution in [2.75, 3.05) is 0 Å². The van der Waals surface area contributed by atoms with Crippen LogP contribution in [0.5, 0.6) is 0 Å². The van der Waals surface area contributed by atoms with Gasteiger partial charge in [0, 0.05) is 15.6 Å². The largest absolute Gasteiger partial charge is 0.228 e. The number of hydrogen-bond donors (Lipinski definition) is 0. The Kier molecular flexibility index (Phi) is 3.60. The Morgan fingerprint density at radius 1 is 1.23 bits per heavy atom. The van der Waals surface area contributed by atoms with Crippen molar-refractivity contribution in [3.8, 4) is 0 Å². The van der Waals surface area contributed by atoms with Gasteiger partial charge in [-0.3, -0.25) is 0 Å². The Hall–Kier alpha value is -0.240. The van der Waals surface area contributed by atoms with Gasteiger partial charge in [0.2, 0.25) is 0 Å². The molecule has 1 nitrogen and oxygen atoms in total. The van der Waals surface area contributed by atoms with E-state index < -0.39 is 6.10 Å². The maximum absolute atomic E-state index is 11.6. The third-order valence-corrected chi connectivity index (χ3v) is 2.44. The van der Waals surface area contributed by atoms with Crippen LogP contribution in [-0.4, -0.2) is 0 Å². The summed E-state index contributed by atoms with van der Waals surface area (Å²) in [5.41, 5.74) is 0.626. The molecule has 1 aromatic rings. The fourth-order valence-electron chi connectivity index (χ4n) is 1.09. The van der Waals surface area contributed by atoms with Gasteiger partial charge in [0.15, 0.2) is 0 Å². The van der Waals surface area contributed by atoms with Crippen LogP contribution in [0.1, 0.15) is 25.5 Å². The van der Waals surface area contributed by atoms with E-state index in [1.54, 1.807) is 18.2 Å². The Morgan fingerprint density at radius 2 is 1.85 bits per heavy atom. The first-order valence-corrected chi connectivity index (χ1v) is 4.88. The van der Waals surface area contributed by atoms with Crippen LogP contribution in [0.4, 0.5) is 0 Å². The summed E-state index contributed by atoms with van der Waals surface area (Å²) in [6, 6.07) is 4.99. The van der Waals surface area contributed by atoms with Crippen molar-refractivity contribution in [2.24, 2.45) is 5.92 Å². The molecule has 0 N–H and O–H groups in total. The first-order valence-electron chi connectivity index (χ1n) is 4.13. The van der Waals surface area contributed by atoms with Gasteiger partial charge in [-0.25, -0.2) is 5.11 Å². The van der Waals surface area contributed by atoms with Crippen LogP contribution >= 0.6 is 23.2 Å². The van der Waals surface area contributed by atoms with Crippen molar-refractivity contribution >= 4 is 23.2 Å². The third kappa shape index (κ3) is 2.60. The number of halogens is 2. The molecule has 1 rings (SSSR count). The average Bonchev–Trinajstić information content (AvgIpc) is 2.03. The first-order chi connectivity index (χ1) is 6.02. The number of hydrogen-bond acceptors (Lipinski definition) is 0. The highest BCUT2D eigenvalue weighted by Crippen LogP contribution is 2.30. The van der Waals surface area contributed by atoms with E-state index in [2.05, 4.69) is 0 Å². The molecule has 71 valence electrons. The van der Waals surface area contributed by atoms with Crippen LogP contribution in [-0.2, 0) is 5.11 Å². The molecule has 0 amide bonds. The van der Waals surface area contributed by atoms with Crippen LogP contribution in [0.25, 0.3) is 0 Å². The molecular weight excluding hydrogens is 207 g/mol. The average molecular weight is 218 g/mol. The monoisotopic (exact) mass is 217 g/mol. The van der Waals surface area contributed by atoms with Gasteiger partial charge in [0.25, 0.3) is 0 Å². The molecule has 3 heteroatoms. The van der Waals surface area contributed by atoms with E-state index in [0.717, 1.165) is 0 Å². The molecule has 1 aromatic carbocycles. The van der Waals surface area contributed by atoms with Gasteiger partial charge in [-0.05, 0) is 18.1 Å². The molecule has 0 aliphatic carbocycles. The quantitative estimate of drug-likeness (QED) is 0.711. The highest BCUT2D eigenvalue weighted by Gasteiger charge is 2.16. The molecule has 13 heavy (non-hydrogen) atoms. The van der Waals surface area contributed by atoms with Gasteiger partial charge in [0.1, 0.15) is 6.10 Å². The van der Waals surface area contributed by atoms with Crippen LogP contribution in [0, 0.1) is 5.92 Å². The second-order valence-electron chi connectivity index (χ2n) is 3.33. The summed E-state index contributed by atoms with van der Waals surface area (Å²) in [6.07, 6.45) is -0.773. The van der Waals surface area contributed by atoms with E-state index in [4.69, 9.17) is 23.2 Å². The SMILES string of the molecule is CC(C)C([O])c1ccc(Cl)cc1Cl. The van der Waals surface area contributed by atoms with Crippen molar-refractivity contribution in [3.05, 3.63) is 33.8 Å². The van der Waals surface area contributed by atoms with Gasteiger partial charge in [-0.15, -0.1) is 0 Å². The lowest BCUT2D eigenvalue weighted by Crippen LogP contribution is -2.04. The van der Waals surface area contributed by atoms with Gasteiger partial charge in [-0.2, -0.15) is 0 Å². The Bertz CT molecular complexity index is 297. The zero-order valence-electron chi connectivity index (χ0n) is 7.55. The lowest BCUT2D eigenvalue weighted by molar-refractivity contribution is 0.0489. The number of benzene rings is 1. The topological polar surface area (TPSA) is 19.9 Å². The zero-order chi connectivity index (χ0) is 10.0. The predicted molar refractivity (Wildman–Crippen MR) is 54.7 cm³/mol. The summed E-state index contributed by atoms with van der Waals surface area (Å²) in [7, 11) is 0. The van der Waals surface area contributed by atoms with Crippen LogP contribution < -0.4 is 0 Å². The molecule has 0 fully saturated rings. The summed E-state index contributed by atoms with van der Waals surface area (Å²) in [5.74, 6) is 0.0404. The molecule has 0 bridgehead atoms. The summed E-state index contributed by atoms with van der Waals surface area (Å²) >= 11 is 11.6. The molecule has 0 aromatic heterocycles. The minimum atomic E-state index is -0.773. The Balaban J connectivity index is 3.01. The minimum Gasteiger partial charge on any atom is -0.228 e. The molecule has 1 atom stereocenters. The maximum atomic E-state index is 11.6. The van der Waals surface area contributed by atoms with Gasteiger partial charge < -0.3 is 0 Å². The first kappa shape index (κ1) is 10.8. The third-order valence-electron chi connectivity index (χ3n) is 1.87. The number of rotatable bonds is 2. The highest BCUT2D eigenvalue weighted by atomic mass is 35.5. The maximum Gasteiger partial charge on any atom is 0.122 e. The van der Waals surface area contributed by atoms with Crippen LogP contribution in [0.2, 0.25) is 10.0 Å². The van der Waals surface area contributed by atoms with Crippen molar-refractivity contribution in [1.29, 1.82) is 0 Å². The zero-order valence-corrected chi connectivity index (χ0v) is 9.06. The second-order valence-corrected chi connectivity index (χ2v) is 4.17. The standard InChI is InChI=1S/C10H11Cl2O/c1-6(2)10(13)8-4-3-7(11)5-9(8)12/h3-6,10H,1-2H3.